The smallest absolute Gasteiger partial charge is 0.331 e. The van der Waals surface area contributed by atoms with Gasteiger partial charge in [-0.2, -0.15) is 0 Å². The predicted octanol–water partition coefficient (Wildman–Crippen LogP) is 3.38. The fourth-order valence-corrected chi connectivity index (χ4v) is 3.50. The van der Waals surface area contributed by atoms with Gasteiger partial charge in [0.05, 0.1) is 13.2 Å². The van der Waals surface area contributed by atoms with Crippen molar-refractivity contribution >= 4 is 23.6 Å². The molecule has 2 aliphatic heterocycles. The Balaban J connectivity index is 1.33. The summed E-state index contributed by atoms with van der Waals surface area (Å²) in [6.45, 7) is 1.59. The first-order valence-corrected chi connectivity index (χ1v) is 9.83. The molecule has 0 radical (unpaired) electrons. The highest BCUT2D eigenvalue weighted by Crippen LogP contribution is 2.31. The number of nitrogens with zero attached hydrogens (tertiary/aromatic N) is 1. The Morgan fingerprint density at radius 3 is 2.76 bits per heavy atom. The summed E-state index contributed by atoms with van der Waals surface area (Å²) in [5.41, 5.74) is 2.85. The predicted molar refractivity (Wildman–Crippen MR) is 109 cm³/mol. The summed E-state index contributed by atoms with van der Waals surface area (Å²) >= 11 is 0. The van der Waals surface area contributed by atoms with Crippen LogP contribution in [0.1, 0.15) is 24.0 Å². The van der Waals surface area contributed by atoms with Gasteiger partial charge in [0, 0.05) is 24.7 Å². The van der Waals surface area contributed by atoms with Gasteiger partial charge in [-0.1, -0.05) is 24.3 Å². The lowest BCUT2D eigenvalue weighted by atomic mass is 10.0. The lowest BCUT2D eigenvalue weighted by molar-refractivity contribution is -0.142. The van der Waals surface area contributed by atoms with Crippen molar-refractivity contribution in [3.63, 3.8) is 0 Å². The highest BCUT2D eigenvalue weighted by molar-refractivity contribution is 5.97. The summed E-state index contributed by atoms with van der Waals surface area (Å²) in [7, 11) is 0. The number of benzene rings is 2. The van der Waals surface area contributed by atoms with Crippen LogP contribution in [0.5, 0.6) is 11.5 Å². The van der Waals surface area contributed by atoms with Crippen molar-refractivity contribution in [1.82, 2.24) is 0 Å². The number of hydrogen-bond donors (Lipinski definition) is 0. The number of aryl methyl sites for hydroxylation is 1. The van der Waals surface area contributed by atoms with E-state index < -0.39 is 5.97 Å². The molecule has 29 heavy (non-hydrogen) atoms. The third-order valence-corrected chi connectivity index (χ3v) is 4.93. The average molecular weight is 393 g/mol. The van der Waals surface area contributed by atoms with Gasteiger partial charge in [0.25, 0.3) is 5.91 Å². The van der Waals surface area contributed by atoms with E-state index in [4.69, 9.17) is 14.2 Å². The first kappa shape index (κ1) is 19.1. The molecule has 0 fully saturated rings. The van der Waals surface area contributed by atoms with Gasteiger partial charge in [0.2, 0.25) is 0 Å². The van der Waals surface area contributed by atoms with Gasteiger partial charge in [0.15, 0.2) is 18.1 Å². The number of esters is 1. The van der Waals surface area contributed by atoms with Crippen LogP contribution in [0, 0.1) is 0 Å². The monoisotopic (exact) mass is 393 g/mol. The van der Waals surface area contributed by atoms with Crippen LogP contribution < -0.4 is 14.4 Å². The Kier molecular flexibility index (Phi) is 5.79. The van der Waals surface area contributed by atoms with Crippen LogP contribution in [0.25, 0.3) is 6.08 Å². The highest BCUT2D eigenvalue weighted by atomic mass is 16.5. The van der Waals surface area contributed by atoms with Crippen molar-refractivity contribution in [2.45, 2.75) is 19.3 Å². The van der Waals surface area contributed by atoms with E-state index in [9.17, 15) is 9.59 Å². The number of fused-ring (bicyclic) bond motifs is 2. The lowest BCUT2D eigenvalue weighted by Crippen LogP contribution is -2.38. The van der Waals surface area contributed by atoms with Crippen LogP contribution >= 0.6 is 0 Å². The highest BCUT2D eigenvalue weighted by Gasteiger charge is 2.22. The molecule has 0 saturated carbocycles. The maximum absolute atomic E-state index is 12.5. The van der Waals surface area contributed by atoms with Crippen molar-refractivity contribution in [3.05, 3.63) is 59.7 Å². The molecule has 6 nitrogen and oxygen atoms in total. The minimum Gasteiger partial charge on any atom is -0.490 e. The zero-order valence-corrected chi connectivity index (χ0v) is 16.1. The number of carbonyl (C=O) groups excluding carboxylic acids is 2. The number of anilines is 1. The number of amides is 1. The first-order valence-electron chi connectivity index (χ1n) is 9.83. The molecule has 150 valence electrons. The van der Waals surface area contributed by atoms with E-state index in [0.717, 1.165) is 36.1 Å². The molecule has 2 aromatic rings. The number of para-hydroxylation sites is 1. The van der Waals surface area contributed by atoms with E-state index in [0.29, 0.717) is 31.3 Å². The third-order valence-electron chi connectivity index (χ3n) is 4.93. The zero-order valence-electron chi connectivity index (χ0n) is 16.1. The lowest BCUT2D eigenvalue weighted by Gasteiger charge is -2.29. The third kappa shape index (κ3) is 4.59. The second kappa shape index (κ2) is 8.82. The van der Waals surface area contributed by atoms with Crippen molar-refractivity contribution in [3.8, 4) is 11.5 Å². The molecule has 2 heterocycles. The van der Waals surface area contributed by atoms with E-state index in [2.05, 4.69) is 0 Å². The fraction of sp³-hybridized carbons (Fsp3) is 0.304. The molecule has 0 saturated heterocycles. The Labute approximate surface area is 169 Å². The maximum atomic E-state index is 12.5. The molecule has 0 aliphatic carbocycles. The van der Waals surface area contributed by atoms with E-state index in [-0.39, 0.29) is 12.5 Å². The number of ether oxygens (including phenoxy) is 3. The minimum absolute atomic E-state index is 0.213. The van der Waals surface area contributed by atoms with Gasteiger partial charge < -0.3 is 19.1 Å². The molecule has 0 spiro atoms. The number of rotatable bonds is 4. The summed E-state index contributed by atoms with van der Waals surface area (Å²) in [6, 6.07) is 13.3. The SMILES string of the molecule is O=C(/C=C/c1ccc2c(c1)OCCCO2)OCC(=O)N1CCCc2ccccc21. The van der Waals surface area contributed by atoms with Crippen LogP contribution in [-0.2, 0) is 20.7 Å². The van der Waals surface area contributed by atoms with Crippen molar-refractivity contribution in [2.24, 2.45) is 0 Å². The van der Waals surface area contributed by atoms with Crippen LogP contribution in [0.3, 0.4) is 0 Å². The Morgan fingerprint density at radius 2 is 1.86 bits per heavy atom. The van der Waals surface area contributed by atoms with Gasteiger partial charge in [-0.05, 0) is 48.2 Å². The second-order valence-electron chi connectivity index (χ2n) is 6.98. The molecule has 2 aliphatic rings. The maximum Gasteiger partial charge on any atom is 0.331 e. The average Bonchev–Trinajstić information content (AvgIpc) is 3.00. The summed E-state index contributed by atoms with van der Waals surface area (Å²) in [4.78, 5) is 26.3. The van der Waals surface area contributed by atoms with Gasteiger partial charge in [-0.15, -0.1) is 0 Å². The molecule has 0 bridgehead atoms. The van der Waals surface area contributed by atoms with Crippen LogP contribution in [-0.4, -0.2) is 38.2 Å². The molecule has 1 amide bonds. The van der Waals surface area contributed by atoms with E-state index in [1.165, 1.54) is 6.08 Å². The molecule has 0 unspecified atom stereocenters. The largest absolute Gasteiger partial charge is 0.490 e. The summed E-state index contributed by atoms with van der Waals surface area (Å²) in [5, 5.41) is 0. The van der Waals surface area contributed by atoms with Crippen LogP contribution in [0.4, 0.5) is 5.69 Å². The Bertz CT molecular complexity index is 937. The van der Waals surface area contributed by atoms with Crippen molar-refractivity contribution in [1.29, 1.82) is 0 Å². The molecular weight excluding hydrogens is 370 g/mol. The van der Waals surface area contributed by atoms with E-state index in [1.807, 2.05) is 42.5 Å². The van der Waals surface area contributed by atoms with Crippen molar-refractivity contribution in [2.75, 3.05) is 31.3 Å². The summed E-state index contributed by atoms with van der Waals surface area (Å²) < 4.78 is 16.4. The van der Waals surface area contributed by atoms with E-state index in [1.54, 1.807) is 11.0 Å². The zero-order chi connectivity index (χ0) is 20.1. The number of hydrogen-bond acceptors (Lipinski definition) is 5. The number of carbonyl (C=O) groups is 2. The summed E-state index contributed by atoms with van der Waals surface area (Å²) in [6.07, 6.45) is 5.65. The molecule has 0 N–H and O–H groups in total. The Morgan fingerprint density at radius 1 is 1.03 bits per heavy atom. The fourth-order valence-electron chi connectivity index (χ4n) is 3.50. The van der Waals surface area contributed by atoms with Crippen LogP contribution in [0.15, 0.2) is 48.5 Å². The standard InChI is InChI=1S/C23H23NO5/c25-22(24-12-3-6-18-5-1-2-7-19(18)24)16-29-23(26)11-9-17-8-10-20-21(15-17)28-14-4-13-27-20/h1-2,5,7-11,15H,3-4,6,12-14,16H2/b11-9+. The minimum atomic E-state index is -0.559. The topological polar surface area (TPSA) is 65.1 Å². The molecule has 2 aromatic carbocycles. The first-order chi connectivity index (χ1) is 14.2. The Hall–Kier alpha value is -3.28. The second-order valence-corrected chi connectivity index (χ2v) is 6.98. The quantitative estimate of drug-likeness (QED) is 0.589. The van der Waals surface area contributed by atoms with E-state index >= 15 is 0 Å². The van der Waals surface area contributed by atoms with Gasteiger partial charge in [-0.25, -0.2) is 4.79 Å². The molecule has 6 heteroatoms. The molecular formula is C23H23NO5. The van der Waals surface area contributed by atoms with Gasteiger partial charge >= 0.3 is 5.97 Å². The summed E-state index contributed by atoms with van der Waals surface area (Å²) in [5.74, 6) is 0.594. The van der Waals surface area contributed by atoms with Crippen LogP contribution in [0.2, 0.25) is 0 Å². The van der Waals surface area contributed by atoms with Gasteiger partial charge in [-0.3, -0.25) is 4.79 Å². The molecule has 4 rings (SSSR count). The molecule has 0 atom stereocenters. The normalized spacial score (nSPS) is 15.5. The molecule has 0 aromatic heterocycles. The van der Waals surface area contributed by atoms with Gasteiger partial charge in [0.1, 0.15) is 0 Å². The van der Waals surface area contributed by atoms with Crippen molar-refractivity contribution < 1.29 is 23.8 Å².